The van der Waals surface area contributed by atoms with Crippen LogP contribution in [-0.2, 0) is 16.1 Å². The van der Waals surface area contributed by atoms with Gasteiger partial charge in [0.05, 0.1) is 34.4 Å². The zero-order chi connectivity index (χ0) is 20.5. The van der Waals surface area contributed by atoms with E-state index in [1.807, 2.05) is 34.8 Å². The lowest BCUT2D eigenvalue weighted by Gasteiger charge is -2.32. The molecule has 0 unspecified atom stereocenters. The minimum atomic E-state index is 0.0227. The van der Waals surface area contributed by atoms with Gasteiger partial charge in [0.25, 0.3) is 0 Å². The lowest BCUT2D eigenvalue weighted by molar-refractivity contribution is -0.124. The minimum Gasteiger partial charge on any atom is -0.381 e. The maximum Gasteiger partial charge on any atom is 0.230 e. The number of benzene rings is 1. The van der Waals surface area contributed by atoms with Gasteiger partial charge in [-0.25, -0.2) is 4.98 Å². The van der Waals surface area contributed by atoms with Crippen molar-refractivity contribution in [1.82, 2.24) is 9.97 Å². The number of carbonyl (C=O) groups is 1. The normalized spacial score (nSPS) is 20.6. The van der Waals surface area contributed by atoms with Gasteiger partial charge in [-0.2, -0.15) is 0 Å². The summed E-state index contributed by atoms with van der Waals surface area (Å²) < 4.78 is 5.50. The van der Waals surface area contributed by atoms with E-state index in [1.165, 1.54) is 0 Å². The van der Waals surface area contributed by atoms with Crippen LogP contribution < -0.4 is 10.2 Å². The van der Waals surface area contributed by atoms with Crippen molar-refractivity contribution < 1.29 is 9.53 Å². The van der Waals surface area contributed by atoms with Crippen molar-refractivity contribution in [2.75, 3.05) is 17.3 Å². The molecule has 3 aromatic rings. The number of carbonyl (C=O) groups excluding carboxylic acids is 1. The van der Waals surface area contributed by atoms with Gasteiger partial charge in [-0.15, -0.1) is 11.3 Å². The molecule has 1 saturated carbocycles. The summed E-state index contributed by atoms with van der Waals surface area (Å²) in [5.41, 5.74) is 5.72. The number of aromatic nitrogens is 2. The molecule has 1 aliphatic carbocycles. The molecular weight excluding hydrogens is 396 g/mol. The Bertz CT molecular complexity index is 1050. The zero-order valence-corrected chi connectivity index (χ0v) is 17.7. The first-order valence-corrected chi connectivity index (χ1v) is 11.2. The average Bonchev–Trinajstić information content (AvgIpc) is 3.28. The maximum absolute atomic E-state index is 13.7. The number of nitrogens with one attached hydrogen (secondary N) is 1. The van der Waals surface area contributed by atoms with Gasteiger partial charge in [0.15, 0.2) is 0 Å². The molecule has 0 spiro atoms. The summed E-state index contributed by atoms with van der Waals surface area (Å²) in [5.74, 6) is 1.02. The van der Waals surface area contributed by atoms with Crippen LogP contribution in [0.1, 0.15) is 31.2 Å². The lowest BCUT2D eigenvalue weighted by Crippen LogP contribution is -2.38. The number of rotatable bonds is 3. The van der Waals surface area contributed by atoms with Gasteiger partial charge in [0.2, 0.25) is 5.91 Å². The molecule has 0 atom stereocenters. The third-order valence-electron chi connectivity index (χ3n) is 6.10. The standard InChI is InChI=1S/C23H24N4O2S/c1-29-18-7-4-15(5-8-18)23(28)27-13-17-3-2-10-25-22(17)26-19-9-6-16(11-20(19)27)21-12-24-14-30-21/h2-3,6,9-12,14-15,18H,4-5,7-8,13H2,1H3,(H,25,26). The number of methoxy groups -OCH3 is 1. The molecule has 2 aromatic heterocycles. The second-order valence-corrected chi connectivity index (χ2v) is 8.75. The third-order valence-corrected chi connectivity index (χ3v) is 6.92. The molecule has 5 rings (SSSR count). The predicted octanol–water partition coefficient (Wildman–Crippen LogP) is 5.00. The van der Waals surface area contributed by atoms with Crippen LogP contribution in [-0.4, -0.2) is 29.1 Å². The number of anilines is 3. The Kier molecular flexibility index (Phi) is 5.23. The van der Waals surface area contributed by atoms with Crippen molar-refractivity contribution in [3.05, 3.63) is 53.8 Å². The van der Waals surface area contributed by atoms with E-state index >= 15 is 0 Å². The van der Waals surface area contributed by atoms with Crippen molar-refractivity contribution in [2.24, 2.45) is 5.92 Å². The zero-order valence-electron chi connectivity index (χ0n) is 16.9. The fourth-order valence-electron chi connectivity index (χ4n) is 4.40. The molecule has 1 aromatic carbocycles. The average molecular weight is 421 g/mol. The fourth-order valence-corrected chi connectivity index (χ4v) is 5.02. The Labute approximate surface area is 179 Å². The summed E-state index contributed by atoms with van der Waals surface area (Å²) in [6.07, 6.45) is 7.52. The van der Waals surface area contributed by atoms with E-state index in [0.29, 0.717) is 6.54 Å². The largest absolute Gasteiger partial charge is 0.381 e. The molecule has 0 radical (unpaired) electrons. The van der Waals surface area contributed by atoms with Crippen molar-refractivity contribution in [1.29, 1.82) is 0 Å². The summed E-state index contributed by atoms with van der Waals surface area (Å²) in [6, 6.07) is 10.2. The molecule has 6 nitrogen and oxygen atoms in total. The van der Waals surface area contributed by atoms with E-state index in [0.717, 1.165) is 58.9 Å². The van der Waals surface area contributed by atoms with E-state index in [2.05, 4.69) is 27.4 Å². The van der Waals surface area contributed by atoms with Crippen molar-refractivity contribution >= 4 is 34.4 Å². The molecule has 1 aliphatic heterocycles. The van der Waals surface area contributed by atoms with Gasteiger partial charge in [0.1, 0.15) is 5.82 Å². The lowest BCUT2D eigenvalue weighted by atomic mass is 9.86. The predicted molar refractivity (Wildman–Crippen MR) is 119 cm³/mol. The first-order chi connectivity index (χ1) is 14.7. The molecule has 0 bridgehead atoms. The van der Waals surface area contributed by atoms with Crippen molar-refractivity contribution in [3.8, 4) is 10.4 Å². The highest BCUT2D eigenvalue weighted by Crippen LogP contribution is 2.40. The van der Waals surface area contributed by atoms with Gasteiger partial charge in [0, 0.05) is 31.0 Å². The maximum atomic E-state index is 13.7. The van der Waals surface area contributed by atoms with Crippen LogP contribution in [0.25, 0.3) is 10.4 Å². The Morgan fingerprint density at radius 3 is 2.87 bits per heavy atom. The number of fused-ring (bicyclic) bond motifs is 2. The smallest absolute Gasteiger partial charge is 0.230 e. The van der Waals surface area contributed by atoms with Gasteiger partial charge >= 0.3 is 0 Å². The van der Waals surface area contributed by atoms with E-state index < -0.39 is 0 Å². The molecule has 2 aliphatic rings. The molecule has 30 heavy (non-hydrogen) atoms. The van der Waals surface area contributed by atoms with Crippen LogP contribution in [0, 0.1) is 5.92 Å². The number of hydrogen-bond acceptors (Lipinski definition) is 6. The Morgan fingerprint density at radius 1 is 1.23 bits per heavy atom. The second-order valence-electron chi connectivity index (χ2n) is 7.87. The molecule has 1 amide bonds. The quantitative estimate of drug-likeness (QED) is 0.646. The first kappa shape index (κ1) is 19.2. The molecular formula is C23H24N4O2S. The molecule has 154 valence electrons. The third kappa shape index (κ3) is 3.59. The summed E-state index contributed by atoms with van der Waals surface area (Å²) in [7, 11) is 1.76. The van der Waals surface area contributed by atoms with Crippen molar-refractivity contribution in [2.45, 2.75) is 38.3 Å². The monoisotopic (exact) mass is 420 g/mol. The van der Waals surface area contributed by atoms with E-state index in [-0.39, 0.29) is 17.9 Å². The van der Waals surface area contributed by atoms with E-state index in [1.54, 1.807) is 24.6 Å². The van der Waals surface area contributed by atoms with Crippen molar-refractivity contribution in [3.63, 3.8) is 0 Å². The second kappa shape index (κ2) is 8.16. The summed E-state index contributed by atoms with van der Waals surface area (Å²) in [6.45, 7) is 0.512. The highest BCUT2D eigenvalue weighted by atomic mass is 32.1. The Hall–Kier alpha value is -2.77. The molecule has 3 heterocycles. The summed E-state index contributed by atoms with van der Waals surface area (Å²) in [5, 5.41) is 3.44. The topological polar surface area (TPSA) is 67.3 Å². The van der Waals surface area contributed by atoms with Gasteiger partial charge in [-0.05, 0) is 49.4 Å². The molecule has 1 fully saturated rings. The highest BCUT2D eigenvalue weighted by Gasteiger charge is 2.33. The van der Waals surface area contributed by atoms with E-state index in [9.17, 15) is 4.79 Å². The van der Waals surface area contributed by atoms with Crippen LogP contribution in [0.4, 0.5) is 17.2 Å². The number of pyridine rings is 1. The number of thiazole rings is 1. The van der Waals surface area contributed by atoms with Crippen LogP contribution in [0.5, 0.6) is 0 Å². The van der Waals surface area contributed by atoms with Crippen LogP contribution in [0.15, 0.2) is 48.2 Å². The van der Waals surface area contributed by atoms with Crippen LogP contribution in [0.3, 0.4) is 0 Å². The molecule has 7 heteroatoms. The van der Waals surface area contributed by atoms with Crippen LogP contribution in [0.2, 0.25) is 0 Å². The fraction of sp³-hybridized carbons (Fsp3) is 0.348. The summed E-state index contributed by atoms with van der Waals surface area (Å²) in [4.78, 5) is 25.4. The van der Waals surface area contributed by atoms with Gasteiger partial charge in [-0.1, -0.05) is 12.1 Å². The van der Waals surface area contributed by atoms with Gasteiger partial charge in [-0.3, -0.25) is 9.78 Å². The number of ether oxygens (including phenoxy) is 1. The minimum absolute atomic E-state index is 0.0227. The molecule has 0 saturated heterocycles. The summed E-state index contributed by atoms with van der Waals surface area (Å²) >= 11 is 1.60. The van der Waals surface area contributed by atoms with Gasteiger partial charge < -0.3 is 15.0 Å². The number of nitrogens with zero attached hydrogens (tertiary/aromatic N) is 3. The van der Waals surface area contributed by atoms with E-state index in [4.69, 9.17) is 4.74 Å². The Morgan fingerprint density at radius 2 is 2.10 bits per heavy atom. The highest BCUT2D eigenvalue weighted by molar-refractivity contribution is 7.13. The Balaban J connectivity index is 1.53. The van der Waals surface area contributed by atoms with Crippen LogP contribution >= 0.6 is 11.3 Å². The first-order valence-electron chi connectivity index (χ1n) is 10.3. The molecule has 1 N–H and O–H groups in total. The SMILES string of the molecule is COC1CCC(C(=O)N2Cc3cccnc3Nc3ccc(-c4cncs4)cc32)CC1. The number of hydrogen-bond donors (Lipinski definition) is 1. The number of amides is 1.